The number of carbonyl (C=O) groups is 2. The van der Waals surface area contributed by atoms with Gasteiger partial charge in [0.25, 0.3) is 0 Å². The first-order chi connectivity index (χ1) is 9.66. The standard InChI is InChI=1S/C15H16N2O3/c18-14(17-8-3-6-13(17)15(19)20)10-16-9-7-11-4-1-2-5-12(11)16/h1-2,4-5,7,9,13H,3,6,8,10H2,(H,19,20)/t13-/m1/s1. The average molecular weight is 272 g/mol. The van der Waals surface area contributed by atoms with Crippen LogP contribution in [0.3, 0.4) is 0 Å². The Balaban J connectivity index is 1.80. The van der Waals surface area contributed by atoms with Crippen LogP contribution in [0.4, 0.5) is 0 Å². The summed E-state index contributed by atoms with van der Waals surface area (Å²) in [7, 11) is 0. The summed E-state index contributed by atoms with van der Waals surface area (Å²) < 4.78 is 1.87. The lowest BCUT2D eigenvalue weighted by Crippen LogP contribution is -2.41. The maximum absolute atomic E-state index is 12.3. The third-order valence-electron chi connectivity index (χ3n) is 3.84. The Morgan fingerprint density at radius 2 is 2.05 bits per heavy atom. The zero-order chi connectivity index (χ0) is 14.1. The number of rotatable bonds is 3. The van der Waals surface area contributed by atoms with Crippen molar-refractivity contribution in [3.63, 3.8) is 0 Å². The number of aliphatic carboxylic acids is 1. The van der Waals surface area contributed by atoms with E-state index < -0.39 is 12.0 Å². The van der Waals surface area contributed by atoms with Gasteiger partial charge < -0.3 is 14.6 Å². The van der Waals surface area contributed by atoms with Crippen LogP contribution >= 0.6 is 0 Å². The highest BCUT2D eigenvalue weighted by molar-refractivity contribution is 5.86. The summed E-state index contributed by atoms with van der Waals surface area (Å²) >= 11 is 0. The summed E-state index contributed by atoms with van der Waals surface area (Å²) in [6, 6.07) is 9.13. The van der Waals surface area contributed by atoms with E-state index in [0.29, 0.717) is 13.0 Å². The van der Waals surface area contributed by atoms with Crippen molar-refractivity contribution in [2.75, 3.05) is 6.54 Å². The Labute approximate surface area is 116 Å². The normalized spacial score (nSPS) is 18.6. The molecule has 0 unspecified atom stereocenters. The first-order valence-corrected chi connectivity index (χ1v) is 6.73. The van der Waals surface area contributed by atoms with Crippen molar-refractivity contribution in [2.24, 2.45) is 0 Å². The van der Waals surface area contributed by atoms with Gasteiger partial charge >= 0.3 is 5.97 Å². The SMILES string of the molecule is O=C(O)[C@H]1CCCN1C(=O)Cn1ccc2ccccc21. The van der Waals surface area contributed by atoms with E-state index in [4.69, 9.17) is 5.11 Å². The molecule has 1 N–H and O–H groups in total. The molecule has 2 heterocycles. The van der Waals surface area contributed by atoms with Crippen molar-refractivity contribution in [2.45, 2.75) is 25.4 Å². The number of carbonyl (C=O) groups excluding carboxylic acids is 1. The molecule has 5 heteroatoms. The molecule has 0 spiro atoms. The Morgan fingerprint density at radius 1 is 1.25 bits per heavy atom. The van der Waals surface area contributed by atoms with E-state index in [1.54, 1.807) is 0 Å². The van der Waals surface area contributed by atoms with Crippen LogP contribution in [0, 0.1) is 0 Å². The van der Waals surface area contributed by atoms with Gasteiger partial charge in [-0.25, -0.2) is 4.79 Å². The number of nitrogens with zero attached hydrogens (tertiary/aromatic N) is 2. The first-order valence-electron chi connectivity index (χ1n) is 6.73. The van der Waals surface area contributed by atoms with Crippen LogP contribution in [0.2, 0.25) is 0 Å². The zero-order valence-corrected chi connectivity index (χ0v) is 11.0. The molecular formula is C15H16N2O3. The number of likely N-dealkylation sites (tertiary alicyclic amines) is 1. The fraction of sp³-hybridized carbons (Fsp3) is 0.333. The molecule has 1 aliphatic rings. The minimum Gasteiger partial charge on any atom is -0.480 e. The molecular weight excluding hydrogens is 256 g/mol. The van der Waals surface area contributed by atoms with Gasteiger partial charge in [-0.2, -0.15) is 0 Å². The molecule has 1 saturated heterocycles. The van der Waals surface area contributed by atoms with Gasteiger partial charge in [0.1, 0.15) is 12.6 Å². The molecule has 1 fully saturated rings. The van der Waals surface area contributed by atoms with E-state index >= 15 is 0 Å². The minimum atomic E-state index is -0.909. The molecule has 104 valence electrons. The zero-order valence-electron chi connectivity index (χ0n) is 11.0. The third kappa shape index (κ3) is 2.15. The number of carboxylic acids is 1. The second-order valence-electron chi connectivity index (χ2n) is 5.09. The van der Waals surface area contributed by atoms with Gasteiger partial charge in [0.05, 0.1) is 0 Å². The number of para-hydroxylation sites is 1. The molecule has 20 heavy (non-hydrogen) atoms. The number of hydrogen-bond acceptors (Lipinski definition) is 2. The Hall–Kier alpha value is -2.30. The summed E-state index contributed by atoms with van der Waals surface area (Å²) in [5, 5.41) is 10.2. The molecule has 1 aromatic carbocycles. The van der Waals surface area contributed by atoms with Crippen molar-refractivity contribution in [1.82, 2.24) is 9.47 Å². The molecule has 1 atom stereocenters. The maximum Gasteiger partial charge on any atom is 0.326 e. The molecule has 0 bridgehead atoms. The number of amides is 1. The van der Waals surface area contributed by atoms with Gasteiger partial charge in [-0.15, -0.1) is 0 Å². The first kappa shape index (κ1) is 12.7. The lowest BCUT2D eigenvalue weighted by molar-refractivity contribution is -0.148. The van der Waals surface area contributed by atoms with Crippen LogP contribution in [0.1, 0.15) is 12.8 Å². The smallest absolute Gasteiger partial charge is 0.326 e. The summed E-state index contributed by atoms with van der Waals surface area (Å²) in [5.74, 6) is -1.04. The van der Waals surface area contributed by atoms with Gasteiger partial charge in [0.2, 0.25) is 5.91 Å². The Morgan fingerprint density at radius 3 is 2.85 bits per heavy atom. The summed E-state index contributed by atoms with van der Waals surface area (Å²) in [6.45, 7) is 0.728. The fourth-order valence-electron chi connectivity index (χ4n) is 2.84. The quantitative estimate of drug-likeness (QED) is 0.925. The van der Waals surface area contributed by atoms with E-state index in [0.717, 1.165) is 17.3 Å². The van der Waals surface area contributed by atoms with E-state index in [2.05, 4.69) is 0 Å². The minimum absolute atomic E-state index is 0.128. The average Bonchev–Trinajstić information content (AvgIpc) is 3.06. The molecule has 2 aromatic rings. The number of hydrogen-bond donors (Lipinski definition) is 1. The predicted octanol–water partition coefficient (Wildman–Crippen LogP) is 1.72. The van der Waals surface area contributed by atoms with Gasteiger partial charge in [-0.3, -0.25) is 4.79 Å². The Bertz CT molecular complexity index is 662. The highest BCUT2D eigenvalue weighted by Crippen LogP contribution is 2.20. The van der Waals surface area contributed by atoms with Crippen LogP contribution in [-0.4, -0.2) is 39.0 Å². The van der Waals surface area contributed by atoms with Crippen molar-refractivity contribution < 1.29 is 14.7 Å². The highest BCUT2D eigenvalue weighted by atomic mass is 16.4. The van der Waals surface area contributed by atoms with Crippen LogP contribution in [-0.2, 0) is 16.1 Å². The van der Waals surface area contributed by atoms with Crippen LogP contribution in [0.5, 0.6) is 0 Å². The second-order valence-corrected chi connectivity index (χ2v) is 5.09. The van der Waals surface area contributed by atoms with Gasteiger partial charge in [0, 0.05) is 18.3 Å². The topological polar surface area (TPSA) is 62.5 Å². The maximum atomic E-state index is 12.3. The van der Waals surface area contributed by atoms with Gasteiger partial charge in [-0.1, -0.05) is 18.2 Å². The molecule has 0 saturated carbocycles. The second kappa shape index (κ2) is 5.00. The predicted molar refractivity (Wildman–Crippen MR) is 74.3 cm³/mol. The third-order valence-corrected chi connectivity index (χ3v) is 3.84. The summed E-state index contributed by atoms with van der Waals surface area (Å²) in [5.41, 5.74) is 0.993. The van der Waals surface area contributed by atoms with Crippen molar-refractivity contribution in [3.8, 4) is 0 Å². The van der Waals surface area contributed by atoms with E-state index in [9.17, 15) is 9.59 Å². The van der Waals surface area contributed by atoms with Crippen LogP contribution < -0.4 is 0 Å². The number of fused-ring (bicyclic) bond motifs is 1. The molecule has 0 radical (unpaired) electrons. The van der Waals surface area contributed by atoms with Crippen molar-refractivity contribution >= 4 is 22.8 Å². The lowest BCUT2D eigenvalue weighted by Gasteiger charge is -2.21. The molecule has 3 rings (SSSR count). The highest BCUT2D eigenvalue weighted by Gasteiger charge is 2.33. The van der Waals surface area contributed by atoms with E-state index in [1.807, 2.05) is 41.1 Å². The molecule has 0 aliphatic carbocycles. The van der Waals surface area contributed by atoms with Gasteiger partial charge in [-0.05, 0) is 30.4 Å². The Kier molecular flexibility index (Phi) is 3.18. The largest absolute Gasteiger partial charge is 0.480 e. The lowest BCUT2D eigenvalue weighted by atomic mass is 10.2. The van der Waals surface area contributed by atoms with Crippen LogP contribution in [0.15, 0.2) is 36.5 Å². The number of benzene rings is 1. The molecule has 1 amide bonds. The number of carboxylic acid groups (broad SMARTS) is 1. The monoisotopic (exact) mass is 272 g/mol. The van der Waals surface area contributed by atoms with E-state index in [-0.39, 0.29) is 12.5 Å². The van der Waals surface area contributed by atoms with Crippen molar-refractivity contribution in [1.29, 1.82) is 0 Å². The van der Waals surface area contributed by atoms with Gasteiger partial charge in [0.15, 0.2) is 0 Å². The van der Waals surface area contributed by atoms with Crippen LogP contribution in [0.25, 0.3) is 10.9 Å². The molecule has 1 aliphatic heterocycles. The fourth-order valence-corrected chi connectivity index (χ4v) is 2.84. The van der Waals surface area contributed by atoms with Crippen molar-refractivity contribution in [3.05, 3.63) is 36.5 Å². The van der Waals surface area contributed by atoms with E-state index in [1.165, 1.54) is 4.90 Å². The number of aromatic nitrogens is 1. The summed E-state index contributed by atoms with van der Waals surface area (Å²) in [6.07, 6.45) is 3.18. The molecule has 1 aromatic heterocycles. The summed E-state index contributed by atoms with van der Waals surface area (Å²) in [4.78, 5) is 24.9. The molecule has 5 nitrogen and oxygen atoms in total.